The Morgan fingerprint density at radius 2 is 1.78 bits per heavy atom. The molecule has 0 radical (unpaired) electrons. The number of hydrogen-bond donors (Lipinski definition) is 3. The molecule has 0 amide bonds. The van der Waals surface area contributed by atoms with Crippen LogP contribution in [0.4, 0.5) is 0 Å². The molecule has 0 bridgehead atoms. The summed E-state index contributed by atoms with van der Waals surface area (Å²) in [4.78, 5) is 3.05. The summed E-state index contributed by atoms with van der Waals surface area (Å²) in [5.74, 6) is 0. The van der Waals surface area contributed by atoms with E-state index in [1.807, 2.05) is 0 Å². The quantitative estimate of drug-likeness (QED) is 0.327. The maximum Gasteiger partial charge on any atom is 0.222 e. The lowest BCUT2D eigenvalue weighted by molar-refractivity contribution is 0.572. The summed E-state index contributed by atoms with van der Waals surface area (Å²) in [5, 5.41) is 0. The molecular weight excluding hydrogens is 168 g/mol. The number of nitrogens with one attached hydrogen (secondary N) is 2. The van der Waals surface area contributed by atoms with Gasteiger partial charge in [0.1, 0.15) is 0 Å². The van der Waals surface area contributed by atoms with Gasteiger partial charge in [-0.3, -0.25) is 0 Å². The summed E-state index contributed by atoms with van der Waals surface area (Å²) in [7, 11) is -6.37. The zero-order chi connectivity index (χ0) is 7.49. The first-order chi connectivity index (χ1) is 3.92. The molecule has 0 aromatic rings. The molecule has 0 unspecified atom stereocenters. The Morgan fingerprint density at radius 1 is 1.33 bits per heavy atom. The molecule has 56 valence electrons. The minimum Gasteiger partial charge on any atom is -0.214 e. The van der Waals surface area contributed by atoms with Gasteiger partial charge in [0, 0.05) is 0 Å². The maximum atomic E-state index is 10.1. The monoisotopic (exact) mass is 174 g/mol. The first kappa shape index (κ1) is 8.82. The number of hydrazine groups is 1. The van der Waals surface area contributed by atoms with Gasteiger partial charge in [0.15, 0.2) is 0 Å². The normalized spacial score (nSPS) is 12.2. The van der Waals surface area contributed by atoms with Gasteiger partial charge in [0.25, 0.3) is 0 Å². The van der Waals surface area contributed by atoms with Crippen molar-refractivity contribution in [2.24, 2.45) is 0 Å². The molecule has 0 saturated heterocycles. The standard InChI is InChI=1S/CH6N2O4S2/c1-9(6,7)3-2-8(4)5/h3,8H,1H3,(H,2,4,5). The number of rotatable bonds is 3. The van der Waals surface area contributed by atoms with Crippen LogP contribution in [-0.2, 0) is 20.9 Å². The van der Waals surface area contributed by atoms with E-state index in [0.717, 1.165) is 6.26 Å². The molecule has 0 rings (SSSR count). The first-order valence-corrected chi connectivity index (χ1v) is 4.85. The summed E-state index contributed by atoms with van der Waals surface area (Å²) in [5.41, 5.74) is 0. The van der Waals surface area contributed by atoms with Crippen molar-refractivity contribution >= 4 is 20.9 Å². The van der Waals surface area contributed by atoms with E-state index in [0.29, 0.717) is 0 Å². The average molecular weight is 174 g/mol. The van der Waals surface area contributed by atoms with Gasteiger partial charge >= 0.3 is 0 Å². The predicted octanol–water partition coefficient (Wildman–Crippen LogP) is -2.43. The molecule has 0 aliphatic rings. The highest BCUT2D eigenvalue weighted by molar-refractivity contribution is 7.89. The molecule has 0 spiro atoms. The zero-order valence-corrected chi connectivity index (χ0v) is 6.20. The lowest BCUT2D eigenvalue weighted by Gasteiger charge is -1.93. The Hall–Kier alpha value is -0.180. The van der Waals surface area contributed by atoms with E-state index >= 15 is 0 Å². The van der Waals surface area contributed by atoms with E-state index in [-0.39, 0.29) is 0 Å². The van der Waals surface area contributed by atoms with Crippen LogP contribution in [0.3, 0.4) is 0 Å². The minimum atomic E-state index is -3.46. The van der Waals surface area contributed by atoms with Crippen molar-refractivity contribution in [2.75, 3.05) is 6.26 Å². The first-order valence-electron chi connectivity index (χ1n) is 1.78. The third-order valence-electron chi connectivity index (χ3n) is 0.322. The van der Waals surface area contributed by atoms with Crippen molar-refractivity contribution in [1.29, 1.82) is 0 Å². The van der Waals surface area contributed by atoms with Crippen LogP contribution in [-0.4, -0.2) is 23.1 Å². The van der Waals surface area contributed by atoms with Gasteiger partial charge in [-0.25, -0.2) is 16.8 Å². The van der Waals surface area contributed by atoms with Crippen molar-refractivity contribution in [2.45, 2.75) is 0 Å². The number of sulfonamides is 1. The maximum absolute atomic E-state index is 10.1. The second-order valence-electron chi connectivity index (χ2n) is 1.24. The van der Waals surface area contributed by atoms with Crippen molar-refractivity contribution in [3.8, 4) is 0 Å². The summed E-state index contributed by atoms with van der Waals surface area (Å²) in [6, 6.07) is 0. The molecule has 2 N–H and O–H groups in total. The smallest absolute Gasteiger partial charge is 0.214 e. The fraction of sp³-hybridized carbons (Fsp3) is 1.00. The van der Waals surface area contributed by atoms with E-state index in [9.17, 15) is 16.8 Å². The van der Waals surface area contributed by atoms with Crippen LogP contribution >= 0.6 is 0 Å². The van der Waals surface area contributed by atoms with Gasteiger partial charge < -0.3 is 0 Å². The van der Waals surface area contributed by atoms with Gasteiger partial charge in [0.2, 0.25) is 20.9 Å². The van der Waals surface area contributed by atoms with Crippen LogP contribution in [0.15, 0.2) is 0 Å². The number of hydrogen-bond acceptors (Lipinski definition) is 4. The highest BCUT2D eigenvalue weighted by Crippen LogP contribution is 1.65. The number of thiol groups is 1. The van der Waals surface area contributed by atoms with E-state index < -0.39 is 20.9 Å². The molecule has 9 heavy (non-hydrogen) atoms. The molecule has 0 aromatic carbocycles. The fourth-order valence-electron chi connectivity index (χ4n) is 0.120. The molecule has 0 heterocycles. The van der Waals surface area contributed by atoms with Crippen molar-refractivity contribution in [1.82, 2.24) is 9.66 Å². The van der Waals surface area contributed by atoms with Crippen LogP contribution < -0.4 is 9.66 Å². The average Bonchev–Trinajstić information content (AvgIpc) is 1.59. The van der Waals surface area contributed by atoms with Gasteiger partial charge in [-0.05, 0) is 0 Å². The van der Waals surface area contributed by atoms with E-state index in [2.05, 4.69) is 0 Å². The second kappa shape index (κ2) is 3.11. The zero-order valence-electron chi connectivity index (χ0n) is 4.49. The van der Waals surface area contributed by atoms with Gasteiger partial charge in [-0.1, -0.05) is 0 Å². The molecule has 8 heteroatoms. The molecule has 0 aliphatic carbocycles. The molecule has 0 aromatic heterocycles. The summed E-state index contributed by atoms with van der Waals surface area (Å²) >= 11 is 0. The van der Waals surface area contributed by atoms with E-state index in [1.54, 1.807) is 4.83 Å². The summed E-state index contributed by atoms with van der Waals surface area (Å²) in [6.07, 6.45) is 0.832. The molecular formula is CH6N2O4S2. The van der Waals surface area contributed by atoms with Crippen molar-refractivity contribution in [3.63, 3.8) is 0 Å². The minimum absolute atomic E-state index is 0.832. The molecule has 0 saturated carbocycles. The predicted molar refractivity (Wildman–Crippen MR) is 31.4 cm³/mol. The van der Waals surface area contributed by atoms with Crippen molar-refractivity contribution < 1.29 is 16.8 Å². The lowest BCUT2D eigenvalue weighted by Crippen LogP contribution is -2.35. The van der Waals surface area contributed by atoms with Crippen LogP contribution in [0.1, 0.15) is 0 Å². The Morgan fingerprint density at radius 3 is 1.89 bits per heavy atom. The SMILES string of the molecule is CS(=O)(=O)NN[SH](=O)=O. The Balaban J connectivity index is 3.81. The largest absolute Gasteiger partial charge is 0.222 e. The molecule has 6 nitrogen and oxygen atoms in total. The van der Waals surface area contributed by atoms with Gasteiger partial charge in [0.05, 0.1) is 6.26 Å². The van der Waals surface area contributed by atoms with Crippen molar-refractivity contribution in [3.05, 3.63) is 0 Å². The second-order valence-corrected chi connectivity index (χ2v) is 3.73. The Bertz CT molecular complexity index is 229. The lowest BCUT2D eigenvalue weighted by atomic mass is 12.0. The third-order valence-corrected chi connectivity index (χ3v) is 1.24. The highest BCUT2D eigenvalue weighted by Gasteiger charge is 1.96. The van der Waals surface area contributed by atoms with Crippen LogP contribution in [0.2, 0.25) is 0 Å². The van der Waals surface area contributed by atoms with Gasteiger partial charge in [-0.2, -0.15) is 0 Å². The summed E-state index contributed by atoms with van der Waals surface area (Å²) < 4.78 is 39.5. The molecule has 0 fully saturated rings. The fourth-order valence-corrected chi connectivity index (χ4v) is 1.08. The molecule has 0 aliphatic heterocycles. The summed E-state index contributed by atoms with van der Waals surface area (Å²) in [6.45, 7) is 0. The highest BCUT2D eigenvalue weighted by atomic mass is 32.2. The van der Waals surface area contributed by atoms with Gasteiger partial charge in [-0.15, -0.1) is 9.66 Å². The Labute approximate surface area is 54.4 Å². The van der Waals surface area contributed by atoms with Crippen LogP contribution in [0, 0.1) is 0 Å². The van der Waals surface area contributed by atoms with E-state index in [4.69, 9.17) is 0 Å². The van der Waals surface area contributed by atoms with Crippen LogP contribution in [0.5, 0.6) is 0 Å². The Kier molecular flexibility index (Phi) is 3.04. The third kappa shape index (κ3) is 7.82. The van der Waals surface area contributed by atoms with E-state index in [1.165, 1.54) is 4.83 Å². The topological polar surface area (TPSA) is 92.3 Å². The molecule has 0 atom stereocenters. The van der Waals surface area contributed by atoms with Crippen LogP contribution in [0.25, 0.3) is 0 Å².